The molecule has 0 aliphatic carbocycles. The number of nitrogens with two attached hydrogens (primary N) is 1. The molecule has 0 radical (unpaired) electrons. The number of amides is 4. The number of nitrogens with one attached hydrogen (secondary N) is 3. The molecule has 0 saturated carbocycles. The average Bonchev–Trinajstić information content (AvgIpc) is 3.07. The monoisotopic (exact) mass is 589 g/mol. The van der Waals surface area contributed by atoms with E-state index in [9.17, 15) is 23.9 Å². The van der Waals surface area contributed by atoms with Gasteiger partial charge in [-0.3, -0.25) is 9.59 Å². The number of primary amides is 1. The largest absolute Gasteiger partial charge is 0.392 e. The number of hydrogen-bond acceptors (Lipinski definition) is 5. The van der Waals surface area contributed by atoms with Crippen LogP contribution in [0.3, 0.4) is 0 Å². The van der Waals surface area contributed by atoms with Crippen molar-refractivity contribution in [2.45, 2.75) is 70.8 Å². The number of urea groups is 1. The quantitative estimate of drug-likeness (QED) is 0.232. The number of halogens is 1. The molecule has 0 bridgehead atoms. The summed E-state index contributed by atoms with van der Waals surface area (Å²) in [5, 5.41) is 18.3. The van der Waals surface area contributed by atoms with E-state index in [1.807, 2.05) is 62.4 Å². The Morgan fingerprint density at radius 2 is 1.84 bits per heavy atom. The van der Waals surface area contributed by atoms with E-state index >= 15 is 0 Å². The van der Waals surface area contributed by atoms with Crippen molar-refractivity contribution in [2.24, 2.45) is 5.73 Å². The van der Waals surface area contributed by atoms with E-state index in [1.165, 1.54) is 12.1 Å². The molecular formula is C33H40FN5O4. The lowest BCUT2D eigenvalue weighted by Gasteiger charge is -2.29. The molecule has 43 heavy (non-hydrogen) atoms. The van der Waals surface area contributed by atoms with E-state index < -0.39 is 23.7 Å². The molecule has 9 nitrogen and oxygen atoms in total. The Bertz CT molecular complexity index is 1460. The summed E-state index contributed by atoms with van der Waals surface area (Å²) in [5.41, 5.74) is 9.64. The number of carbonyl (C=O) groups is 3. The second-order valence-electron chi connectivity index (χ2n) is 11.7. The summed E-state index contributed by atoms with van der Waals surface area (Å²) in [7, 11) is 0. The summed E-state index contributed by atoms with van der Waals surface area (Å²) in [6.45, 7) is 6.27. The van der Waals surface area contributed by atoms with Gasteiger partial charge in [-0.15, -0.1) is 0 Å². The Hall–Kier alpha value is -4.28. The van der Waals surface area contributed by atoms with Gasteiger partial charge in [-0.1, -0.05) is 48.5 Å². The summed E-state index contributed by atoms with van der Waals surface area (Å²) in [4.78, 5) is 39.8. The van der Waals surface area contributed by atoms with Crippen LogP contribution in [0.1, 0.15) is 50.3 Å². The standard InChI is InChI=1S/C33H40FN5O4/c1-21(40)18-37-33(2,3)17-30(41)38-28-14-12-24-16-26(34)13-15-29(24)39(31(28)42)20-22-8-10-23(11-9-22)27-7-5-4-6-25(27)19-36-32(35)43/h4-11,13,15-16,21,28,37,40H,12,14,17-20H2,1-3H3,(H,38,41)(H3,35,36,43)/t21-,28-/m1/s1. The van der Waals surface area contributed by atoms with E-state index in [0.29, 0.717) is 37.2 Å². The number of aliphatic hydroxyl groups is 1. The topological polar surface area (TPSA) is 137 Å². The van der Waals surface area contributed by atoms with E-state index in [0.717, 1.165) is 22.3 Å². The number of β-amino-alcohol motifs (C(OH)–C–C–N with tert-alkyl or cyclic N) is 1. The molecule has 3 aromatic rings. The molecule has 4 rings (SSSR count). The number of nitrogens with zero attached hydrogens (tertiary/aromatic N) is 1. The first-order valence-electron chi connectivity index (χ1n) is 14.4. The van der Waals surface area contributed by atoms with Gasteiger partial charge in [0.1, 0.15) is 11.9 Å². The summed E-state index contributed by atoms with van der Waals surface area (Å²) in [5.74, 6) is -0.929. The van der Waals surface area contributed by atoms with Crippen LogP contribution in [0.4, 0.5) is 14.9 Å². The SMILES string of the molecule is C[C@@H](O)CNC(C)(C)CC(=O)N[C@@H]1CCc2cc(F)ccc2N(Cc2ccc(-c3ccccc3CNC(N)=O)cc2)C1=O. The van der Waals surface area contributed by atoms with Gasteiger partial charge in [-0.2, -0.15) is 0 Å². The molecule has 2 atom stereocenters. The highest BCUT2D eigenvalue weighted by Gasteiger charge is 2.33. The van der Waals surface area contributed by atoms with Crippen molar-refractivity contribution in [1.29, 1.82) is 0 Å². The molecule has 10 heteroatoms. The number of carbonyl (C=O) groups excluding carboxylic acids is 3. The van der Waals surface area contributed by atoms with Gasteiger partial charge >= 0.3 is 6.03 Å². The van der Waals surface area contributed by atoms with Crippen LogP contribution in [0.25, 0.3) is 11.1 Å². The second kappa shape index (κ2) is 13.8. The predicted molar refractivity (Wildman–Crippen MR) is 165 cm³/mol. The van der Waals surface area contributed by atoms with Crippen LogP contribution in [0.15, 0.2) is 66.7 Å². The lowest BCUT2D eigenvalue weighted by atomic mass is 9.98. The highest BCUT2D eigenvalue weighted by molar-refractivity contribution is 6.00. The minimum absolute atomic E-state index is 0.114. The second-order valence-corrected chi connectivity index (χ2v) is 11.7. The third kappa shape index (κ3) is 8.62. The maximum absolute atomic E-state index is 14.2. The van der Waals surface area contributed by atoms with Crippen LogP contribution in [0.2, 0.25) is 0 Å². The number of benzene rings is 3. The van der Waals surface area contributed by atoms with E-state index in [-0.39, 0.29) is 30.6 Å². The van der Waals surface area contributed by atoms with Gasteiger partial charge in [0.15, 0.2) is 0 Å². The van der Waals surface area contributed by atoms with Crippen LogP contribution in [0.5, 0.6) is 0 Å². The Morgan fingerprint density at radius 1 is 1.12 bits per heavy atom. The lowest BCUT2D eigenvalue weighted by Crippen LogP contribution is -2.51. The van der Waals surface area contributed by atoms with Gasteiger partial charge < -0.3 is 31.7 Å². The van der Waals surface area contributed by atoms with Gasteiger partial charge in [-0.05, 0) is 79.6 Å². The molecule has 228 valence electrons. The molecule has 6 N–H and O–H groups in total. The summed E-state index contributed by atoms with van der Waals surface area (Å²) in [6.07, 6.45) is 0.330. The normalized spacial score (nSPS) is 15.8. The number of anilines is 1. The van der Waals surface area contributed by atoms with Crippen LogP contribution in [0, 0.1) is 5.82 Å². The summed E-state index contributed by atoms with van der Waals surface area (Å²) in [6, 6.07) is 18.5. The Kier molecular flexibility index (Phi) is 10.2. The van der Waals surface area contributed by atoms with Gasteiger partial charge in [0.05, 0.1) is 12.6 Å². The highest BCUT2D eigenvalue weighted by Crippen LogP contribution is 2.31. The molecule has 0 spiro atoms. The zero-order valence-corrected chi connectivity index (χ0v) is 24.8. The lowest BCUT2D eigenvalue weighted by molar-refractivity contribution is -0.128. The molecule has 3 aromatic carbocycles. The molecule has 1 aliphatic rings. The third-order valence-corrected chi connectivity index (χ3v) is 7.49. The Balaban J connectivity index is 1.54. The molecular weight excluding hydrogens is 549 g/mol. The molecule has 1 heterocycles. The number of aliphatic hydroxyl groups excluding tert-OH is 1. The summed E-state index contributed by atoms with van der Waals surface area (Å²) >= 11 is 0. The average molecular weight is 590 g/mol. The smallest absolute Gasteiger partial charge is 0.312 e. The van der Waals surface area contributed by atoms with Crippen molar-refractivity contribution in [3.63, 3.8) is 0 Å². The fraction of sp³-hybridized carbons (Fsp3) is 0.364. The minimum atomic E-state index is -0.778. The first kappa shape index (κ1) is 31.7. The van der Waals surface area contributed by atoms with E-state index in [2.05, 4.69) is 16.0 Å². The van der Waals surface area contributed by atoms with Crippen molar-refractivity contribution in [3.8, 4) is 11.1 Å². The minimum Gasteiger partial charge on any atom is -0.392 e. The van der Waals surface area contributed by atoms with Crippen LogP contribution in [-0.2, 0) is 29.1 Å². The van der Waals surface area contributed by atoms with Crippen molar-refractivity contribution < 1.29 is 23.9 Å². The van der Waals surface area contributed by atoms with Crippen molar-refractivity contribution in [1.82, 2.24) is 16.0 Å². The first-order valence-corrected chi connectivity index (χ1v) is 14.4. The Morgan fingerprint density at radius 3 is 2.53 bits per heavy atom. The molecule has 0 fully saturated rings. The van der Waals surface area contributed by atoms with E-state index in [1.54, 1.807) is 17.9 Å². The highest BCUT2D eigenvalue weighted by atomic mass is 19.1. The first-order chi connectivity index (χ1) is 20.4. The van der Waals surface area contributed by atoms with Gasteiger partial charge in [0.25, 0.3) is 0 Å². The van der Waals surface area contributed by atoms with Crippen molar-refractivity contribution >= 4 is 23.5 Å². The number of hydrogen-bond donors (Lipinski definition) is 5. The fourth-order valence-corrected chi connectivity index (χ4v) is 5.29. The molecule has 0 saturated heterocycles. The number of fused-ring (bicyclic) bond motifs is 1. The van der Waals surface area contributed by atoms with Crippen molar-refractivity contribution in [2.75, 3.05) is 11.4 Å². The number of aryl methyl sites for hydroxylation is 1. The van der Waals surface area contributed by atoms with Gasteiger partial charge in [0.2, 0.25) is 11.8 Å². The fourth-order valence-electron chi connectivity index (χ4n) is 5.29. The molecule has 4 amide bonds. The Labute approximate surface area is 251 Å². The molecule has 0 aromatic heterocycles. The van der Waals surface area contributed by atoms with Crippen LogP contribution >= 0.6 is 0 Å². The zero-order valence-electron chi connectivity index (χ0n) is 24.8. The van der Waals surface area contributed by atoms with Crippen LogP contribution in [-0.4, -0.2) is 47.2 Å². The molecule has 0 unspecified atom stereocenters. The zero-order chi connectivity index (χ0) is 31.1. The van der Waals surface area contributed by atoms with Crippen LogP contribution < -0.4 is 26.6 Å². The van der Waals surface area contributed by atoms with Gasteiger partial charge in [-0.25, -0.2) is 9.18 Å². The number of rotatable bonds is 11. The van der Waals surface area contributed by atoms with Crippen molar-refractivity contribution in [3.05, 3.63) is 89.2 Å². The maximum atomic E-state index is 14.2. The third-order valence-electron chi connectivity index (χ3n) is 7.49. The maximum Gasteiger partial charge on any atom is 0.312 e. The van der Waals surface area contributed by atoms with Gasteiger partial charge in [0, 0.05) is 30.7 Å². The molecule has 1 aliphatic heterocycles. The van der Waals surface area contributed by atoms with E-state index in [4.69, 9.17) is 5.73 Å². The predicted octanol–water partition coefficient (Wildman–Crippen LogP) is 3.76. The summed E-state index contributed by atoms with van der Waals surface area (Å²) < 4.78 is 14.2.